The Bertz CT molecular complexity index is 651. The number of hydrogen-bond acceptors (Lipinski definition) is 2. The third-order valence-corrected chi connectivity index (χ3v) is 3.01. The average Bonchev–Trinajstić information content (AvgIpc) is 2.47. The third kappa shape index (κ3) is 4.07. The minimum atomic E-state index is -0.645. The number of nitrogens with two attached hydrogens (primary N) is 1. The summed E-state index contributed by atoms with van der Waals surface area (Å²) in [4.78, 5) is 22.9. The van der Waals surface area contributed by atoms with Crippen molar-refractivity contribution in [1.82, 2.24) is 0 Å². The number of carbonyl (C=O) groups excluding carboxylic acids is 2. The lowest BCUT2D eigenvalue weighted by atomic mass is 10.1. The summed E-state index contributed by atoms with van der Waals surface area (Å²) in [7, 11) is 0. The molecule has 0 saturated heterocycles. The molecule has 0 radical (unpaired) electrons. The van der Waals surface area contributed by atoms with E-state index in [4.69, 9.17) is 5.73 Å². The Balaban J connectivity index is 2.09. The third-order valence-electron chi connectivity index (χ3n) is 3.01. The molecule has 0 spiro atoms. The number of aryl methyl sites for hydroxylation is 1. The van der Waals surface area contributed by atoms with Gasteiger partial charge in [-0.1, -0.05) is 25.1 Å². The highest BCUT2D eigenvalue weighted by molar-refractivity contribution is 6.04. The van der Waals surface area contributed by atoms with Gasteiger partial charge in [0.2, 0.25) is 0 Å². The molecule has 0 aliphatic carbocycles. The van der Waals surface area contributed by atoms with Crippen LogP contribution in [0.25, 0.3) is 0 Å². The first-order valence-corrected chi connectivity index (χ1v) is 6.65. The van der Waals surface area contributed by atoms with Gasteiger partial charge in [0.1, 0.15) is 0 Å². The van der Waals surface area contributed by atoms with Crippen LogP contribution in [0, 0.1) is 0 Å². The number of anilines is 2. The van der Waals surface area contributed by atoms with Gasteiger partial charge in [0.15, 0.2) is 0 Å². The van der Waals surface area contributed by atoms with Crippen LogP contribution in [-0.2, 0) is 6.42 Å². The molecule has 3 amide bonds. The number of primary amides is 1. The van der Waals surface area contributed by atoms with E-state index in [0.717, 1.165) is 6.42 Å². The van der Waals surface area contributed by atoms with Crippen LogP contribution in [0.2, 0.25) is 0 Å². The largest absolute Gasteiger partial charge is 0.351 e. The lowest BCUT2D eigenvalue weighted by molar-refractivity contribution is 0.102. The van der Waals surface area contributed by atoms with Gasteiger partial charge >= 0.3 is 6.03 Å². The fourth-order valence-corrected chi connectivity index (χ4v) is 1.91. The van der Waals surface area contributed by atoms with Gasteiger partial charge < -0.3 is 16.4 Å². The second-order valence-electron chi connectivity index (χ2n) is 4.57. The Morgan fingerprint density at radius 2 is 1.62 bits per heavy atom. The smallest absolute Gasteiger partial charge is 0.316 e. The summed E-state index contributed by atoms with van der Waals surface area (Å²) in [5, 5.41) is 5.24. The van der Waals surface area contributed by atoms with Gasteiger partial charge in [0.05, 0.1) is 0 Å². The van der Waals surface area contributed by atoms with Gasteiger partial charge in [-0.25, -0.2) is 4.79 Å². The molecule has 0 bridgehead atoms. The monoisotopic (exact) mass is 283 g/mol. The van der Waals surface area contributed by atoms with E-state index in [1.54, 1.807) is 36.4 Å². The van der Waals surface area contributed by atoms with Gasteiger partial charge in [-0.15, -0.1) is 0 Å². The zero-order chi connectivity index (χ0) is 15.2. The summed E-state index contributed by atoms with van der Waals surface area (Å²) in [6.07, 6.45) is 0.933. The molecule has 0 aliphatic rings. The van der Waals surface area contributed by atoms with Crippen molar-refractivity contribution in [3.8, 4) is 0 Å². The van der Waals surface area contributed by atoms with Gasteiger partial charge in [0, 0.05) is 16.9 Å². The van der Waals surface area contributed by atoms with E-state index in [1.165, 1.54) is 5.56 Å². The Labute approximate surface area is 123 Å². The van der Waals surface area contributed by atoms with Crippen molar-refractivity contribution in [2.24, 2.45) is 5.73 Å². The van der Waals surface area contributed by atoms with Crippen LogP contribution in [0.1, 0.15) is 22.8 Å². The van der Waals surface area contributed by atoms with Crippen LogP contribution in [0.5, 0.6) is 0 Å². The molecule has 0 aliphatic heterocycles. The highest BCUT2D eigenvalue weighted by Crippen LogP contribution is 2.16. The Morgan fingerprint density at radius 3 is 2.19 bits per heavy atom. The van der Waals surface area contributed by atoms with E-state index in [2.05, 4.69) is 17.6 Å². The van der Waals surface area contributed by atoms with Crippen LogP contribution in [0.15, 0.2) is 48.5 Å². The van der Waals surface area contributed by atoms with Crippen molar-refractivity contribution in [3.63, 3.8) is 0 Å². The number of carbonyl (C=O) groups is 2. The minimum Gasteiger partial charge on any atom is -0.351 e. The summed E-state index contributed by atoms with van der Waals surface area (Å²) >= 11 is 0. The van der Waals surface area contributed by atoms with E-state index >= 15 is 0 Å². The Kier molecular flexibility index (Phi) is 4.56. The van der Waals surface area contributed by atoms with Crippen molar-refractivity contribution >= 4 is 23.3 Å². The number of rotatable bonds is 4. The van der Waals surface area contributed by atoms with Crippen LogP contribution >= 0.6 is 0 Å². The molecule has 0 saturated carbocycles. The minimum absolute atomic E-state index is 0.200. The second kappa shape index (κ2) is 6.56. The topological polar surface area (TPSA) is 84.2 Å². The van der Waals surface area contributed by atoms with E-state index in [9.17, 15) is 9.59 Å². The highest BCUT2D eigenvalue weighted by atomic mass is 16.2. The lowest BCUT2D eigenvalue weighted by Gasteiger charge is -2.08. The summed E-state index contributed by atoms with van der Waals surface area (Å²) in [6.45, 7) is 2.06. The van der Waals surface area contributed by atoms with Crippen molar-refractivity contribution in [3.05, 3.63) is 59.7 Å². The maximum absolute atomic E-state index is 12.1. The fraction of sp³-hybridized carbons (Fsp3) is 0.125. The molecule has 0 unspecified atom stereocenters. The molecule has 0 aromatic heterocycles. The Hall–Kier alpha value is -2.82. The number of benzene rings is 2. The normalized spacial score (nSPS) is 9.95. The summed E-state index contributed by atoms with van der Waals surface area (Å²) in [5.74, 6) is -0.200. The molecular formula is C16H17N3O2. The van der Waals surface area contributed by atoms with Gasteiger partial charge in [0.25, 0.3) is 5.91 Å². The predicted molar refractivity (Wildman–Crippen MR) is 83.4 cm³/mol. The molecule has 5 nitrogen and oxygen atoms in total. The van der Waals surface area contributed by atoms with Gasteiger partial charge in [-0.05, 0) is 42.3 Å². The van der Waals surface area contributed by atoms with Crippen molar-refractivity contribution in [1.29, 1.82) is 0 Å². The lowest BCUT2D eigenvalue weighted by Crippen LogP contribution is -2.19. The molecule has 21 heavy (non-hydrogen) atoms. The summed E-state index contributed by atoms with van der Waals surface area (Å²) in [6, 6.07) is 13.6. The first kappa shape index (κ1) is 14.6. The number of nitrogens with one attached hydrogen (secondary N) is 2. The standard InChI is InChI=1S/C16H17N3O2/c1-2-11-6-8-12(9-7-11)15(20)18-13-4-3-5-14(10-13)19-16(17)21/h3-10H,2H2,1H3,(H,18,20)(H3,17,19,21). The number of amides is 3. The van der Waals surface area contributed by atoms with Crippen LogP contribution in [0.3, 0.4) is 0 Å². The summed E-state index contributed by atoms with van der Waals surface area (Å²) < 4.78 is 0. The van der Waals surface area contributed by atoms with E-state index in [0.29, 0.717) is 16.9 Å². The zero-order valence-corrected chi connectivity index (χ0v) is 11.7. The molecule has 5 heteroatoms. The molecule has 108 valence electrons. The number of urea groups is 1. The summed E-state index contributed by atoms with van der Waals surface area (Å²) in [5.41, 5.74) is 7.94. The first-order chi connectivity index (χ1) is 10.1. The van der Waals surface area contributed by atoms with Crippen molar-refractivity contribution in [2.75, 3.05) is 10.6 Å². The van der Waals surface area contributed by atoms with Crippen LogP contribution < -0.4 is 16.4 Å². The van der Waals surface area contributed by atoms with E-state index < -0.39 is 6.03 Å². The van der Waals surface area contributed by atoms with Gasteiger partial charge in [-0.3, -0.25) is 4.79 Å². The van der Waals surface area contributed by atoms with Crippen LogP contribution in [-0.4, -0.2) is 11.9 Å². The molecule has 2 rings (SSSR count). The number of hydrogen-bond donors (Lipinski definition) is 3. The van der Waals surface area contributed by atoms with Crippen LogP contribution in [0.4, 0.5) is 16.2 Å². The maximum Gasteiger partial charge on any atom is 0.316 e. The molecule has 2 aromatic carbocycles. The molecule has 2 aromatic rings. The maximum atomic E-state index is 12.1. The van der Waals surface area contributed by atoms with Gasteiger partial charge in [-0.2, -0.15) is 0 Å². The predicted octanol–water partition coefficient (Wildman–Crippen LogP) is 2.99. The zero-order valence-electron chi connectivity index (χ0n) is 11.7. The molecule has 0 atom stereocenters. The SMILES string of the molecule is CCc1ccc(C(=O)Nc2cccc(NC(N)=O)c2)cc1. The highest BCUT2D eigenvalue weighted by Gasteiger charge is 2.06. The van der Waals surface area contributed by atoms with Crippen molar-refractivity contribution < 1.29 is 9.59 Å². The fourth-order valence-electron chi connectivity index (χ4n) is 1.91. The average molecular weight is 283 g/mol. The quantitative estimate of drug-likeness (QED) is 0.805. The van der Waals surface area contributed by atoms with E-state index in [1.807, 2.05) is 12.1 Å². The second-order valence-corrected chi connectivity index (χ2v) is 4.57. The molecular weight excluding hydrogens is 266 g/mol. The van der Waals surface area contributed by atoms with E-state index in [-0.39, 0.29) is 5.91 Å². The van der Waals surface area contributed by atoms with Crippen molar-refractivity contribution in [2.45, 2.75) is 13.3 Å². The molecule has 4 N–H and O–H groups in total. The first-order valence-electron chi connectivity index (χ1n) is 6.65. The molecule has 0 heterocycles. The Morgan fingerprint density at radius 1 is 1.00 bits per heavy atom. The molecule has 0 fully saturated rings.